The van der Waals surface area contributed by atoms with Gasteiger partial charge in [-0.05, 0) is 38.0 Å². The van der Waals surface area contributed by atoms with Gasteiger partial charge in [0, 0.05) is 13.1 Å². The van der Waals surface area contributed by atoms with Gasteiger partial charge in [-0.25, -0.2) is 26.7 Å². The predicted octanol–water partition coefficient (Wildman–Crippen LogP) is 1.65. The van der Waals surface area contributed by atoms with Crippen LogP contribution in [0.2, 0.25) is 0 Å². The molecule has 3 N–H and O–H groups in total. The minimum absolute atomic E-state index is 0.00661. The average molecular weight is 349 g/mol. The molecule has 6 nitrogen and oxygen atoms in total. The summed E-state index contributed by atoms with van der Waals surface area (Å²) in [6.45, 7) is 3.69. The van der Waals surface area contributed by atoms with Gasteiger partial charge in [-0.2, -0.15) is 0 Å². The fourth-order valence-corrected chi connectivity index (χ4v) is 2.39. The minimum Gasteiger partial charge on any atom is -0.338 e. The molecule has 0 fully saturated rings. The van der Waals surface area contributed by atoms with Gasteiger partial charge in [0.1, 0.15) is 0 Å². The van der Waals surface area contributed by atoms with Crippen LogP contribution < -0.4 is 15.4 Å². The largest absolute Gasteiger partial charge is 0.338 e. The van der Waals surface area contributed by atoms with Crippen molar-refractivity contribution in [2.75, 3.05) is 18.8 Å². The maximum Gasteiger partial charge on any atom is 0.315 e. The van der Waals surface area contributed by atoms with Gasteiger partial charge in [0.15, 0.2) is 11.6 Å². The van der Waals surface area contributed by atoms with Gasteiger partial charge in [-0.15, -0.1) is 0 Å². The summed E-state index contributed by atoms with van der Waals surface area (Å²) in [6, 6.07) is 2.45. The van der Waals surface area contributed by atoms with Crippen LogP contribution in [0.15, 0.2) is 18.2 Å². The van der Waals surface area contributed by atoms with E-state index >= 15 is 0 Å². The summed E-state index contributed by atoms with van der Waals surface area (Å²) in [5.74, 6) is -1.91. The highest BCUT2D eigenvalue weighted by atomic mass is 32.2. The number of rotatable bonds is 8. The first-order chi connectivity index (χ1) is 10.7. The topological polar surface area (TPSA) is 87.3 Å². The molecule has 0 saturated heterocycles. The second-order valence-corrected chi connectivity index (χ2v) is 7.04. The Bertz CT molecular complexity index is 638. The summed E-state index contributed by atoms with van der Waals surface area (Å²) >= 11 is 0. The van der Waals surface area contributed by atoms with Crippen LogP contribution in [-0.4, -0.2) is 33.3 Å². The second-order valence-electron chi connectivity index (χ2n) is 4.95. The van der Waals surface area contributed by atoms with E-state index in [1.165, 1.54) is 13.0 Å². The first-order valence-corrected chi connectivity index (χ1v) is 8.87. The number of carbonyl (C=O) groups excluding carboxylic acids is 1. The molecule has 0 aliphatic carbocycles. The highest BCUT2D eigenvalue weighted by Crippen LogP contribution is 2.15. The Morgan fingerprint density at radius 1 is 1.22 bits per heavy atom. The first-order valence-electron chi connectivity index (χ1n) is 7.22. The molecule has 9 heteroatoms. The van der Waals surface area contributed by atoms with Crippen molar-refractivity contribution in [3.8, 4) is 0 Å². The summed E-state index contributed by atoms with van der Waals surface area (Å²) < 4.78 is 50.7. The van der Waals surface area contributed by atoms with Crippen LogP contribution in [-0.2, 0) is 10.0 Å². The van der Waals surface area contributed by atoms with Crippen molar-refractivity contribution in [1.29, 1.82) is 0 Å². The van der Waals surface area contributed by atoms with Gasteiger partial charge < -0.3 is 10.6 Å². The third kappa shape index (κ3) is 6.91. The summed E-state index contributed by atoms with van der Waals surface area (Å²) in [5.41, 5.74) is 0.440. The standard InChI is InChI=1S/C14H21F2N3O3S/c1-3-23(21,22)18-8-4-7-17-14(20)19-10(2)11-5-6-12(15)13(16)9-11/h5-6,9-10,18H,3-4,7-8H2,1-2H3,(H2,17,19,20)/t10-/m1/s1. The van der Waals surface area contributed by atoms with E-state index in [1.807, 2.05) is 0 Å². The van der Waals surface area contributed by atoms with E-state index in [0.717, 1.165) is 12.1 Å². The van der Waals surface area contributed by atoms with Crippen LogP contribution >= 0.6 is 0 Å². The monoisotopic (exact) mass is 349 g/mol. The van der Waals surface area contributed by atoms with Crippen LogP contribution in [0.3, 0.4) is 0 Å². The highest BCUT2D eigenvalue weighted by Gasteiger charge is 2.11. The van der Waals surface area contributed by atoms with E-state index in [-0.39, 0.29) is 18.8 Å². The molecule has 1 aromatic rings. The molecular formula is C14H21F2N3O3S. The van der Waals surface area contributed by atoms with Gasteiger partial charge in [0.25, 0.3) is 0 Å². The van der Waals surface area contributed by atoms with Crippen LogP contribution in [0.4, 0.5) is 13.6 Å². The van der Waals surface area contributed by atoms with E-state index in [9.17, 15) is 22.0 Å². The van der Waals surface area contributed by atoms with Gasteiger partial charge in [-0.3, -0.25) is 0 Å². The van der Waals surface area contributed by atoms with E-state index in [1.54, 1.807) is 6.92 Å². The Morgan fingerprint density at radius 2 is 1.91 bits per heavy atom. The fraction of sp³-hybridized carbons (Fsp3) is 0.500. The number of amides is 2. The van der Waals surface area contributed by atoms with Crippen molar-refractivity contribution in [3.05, 3.63) is 35.4 Å². The maximum absolute atomic E-state index is 13.1. The van der Waals surface area contributed by atoms with Crippen molar-refractivity contribution in [1.82, 2.24) is 15.4 Å². The van der Waals surface area contributed by atoms with Crippen LogP contribution in [0, 0.1) is 11.6 Å². The van der Waals surface area contributed by atoms with Crippen molar-refractivity contribution in [2.45, 2.75) is 26.3 Å². The second kappa shape index (κ2) is 8.78. The summed E-state index contributed by atoms with van der Waals surface area (Å²) in [4.78, 5) is 11.7. The molecule has 2 amide bonds. The SMILES string of the molecule is CCS(=O)(=O)NCCCNC(=O)N[C@H](C)c1ccc(F)c(F)c1. The fourth-order valence-electron chi connectivity index (χ4n) is 1.73. The molecule has 23 heavy (non-hydrogen) atoms. The van der Waals surface area contributed by atoms with Gasteiger partial charge in [0.05, 0.1) is 11.8 Å². The van der Waals surface area contributed by atoms with Crippen LogP contribution in [0.5, 0.6) is 0 Å². The molecule has 0 aliphatic rings. The number of carbonyl (C=O) groups is 1. The normalized spacial score (nSPS) is 12.7. The highest BCUT2D eigenvalue weighted by molar-refractivity contribution is 7.89. The quantitative estimate of drug-likeness (QED) is 0.624. The third-order valence-corrected chi connectivity index (χ3v) is 4.54. The number of halogens is 2. The Balaban J connectivity index is 2.32. The van der Waals surface area contributed by atoms with Gasteiger partial charge in [0.2, 0.25) is 10.0 Å². The summed E-state index contributed by atoms with van der Waals surface area (Å²) in [5, 5.41) is 5.14. The number of sulfonamides is 1. The van der Waals surface area contributed by atoms with Crippen molar-refractivity contribution in [2.24, 2.45) is 0 Å². The van der Waals surface area contributed by atoms with E-state index in [2.05, 4.69) is 15.4 Å². The zero-order chi connectivity index (χ0) is 17.5. The van der Waals surface area contributed by atoms with Crippen LogP contribution in [0.1, 0.15) is 31.9 Å². The molecule has 0 bridgehead atoms. The first kappa shape index (κ1) is 19.3. The van der Waals surface area contributed by atoms with Gasteiger partial charge >= 0.3 is 6.03 Å². The molecule has 0 aromatic heterocycles. The predicted molar refractivity (Wildman–Crippen MR) is 83.4 cm³/mol. The molecule has 1 aromatic carbocycles. The van der Waals surface area contributed by atoms with Crippen LogP contribution in [0.25, 0.3) is 0 Å². The van der Waals surface area contributed by atoms with Crippen molar-refractivity contribution in [3.63, 3.8) is 0 Å². The Hall–Kier alpha value is -1.74. The molecule has 0 heterocycles. The lowest BCUT2D eigenvalue weighted by Crippen LogP contribution is -2.38. The molecule has 0 radical (unpaired) electrons. The number of hydrogen-bond acceptors (Lipinski definition) is 3. The smallest absolute Gasteiger partial charge is 0.315 e. The Labute approximate surface area is 134 Å². The molecular weight excluding hydrogens is 328 g/mol. The number of urea groups is 1. The number of hydrogen-bond donors (Lipinski definition) is 3. The minimum atomic E-state index is -3.23. The van der Waals surface area contributed by atoms with E-state index < -0.39 is 33.7 Å². The average Bonchev–Trinajstić information content (AvgIpc) is 2.49. The van der Waals surface area contributed by atoms with E-state index in [4.69, 9.17) is 0 Å². The van der Waals surface area contributed by atoms with Crippen molar-refractivity contribution >= 4 is 16.1 Å². The Kier molecular flexibility index (Phi) is 7.37. The zero-order valence-electron chi connectivity index (χ0n) is 13.0. The van der Waals surface area contributed by atoms with E-state index in [0.29, 0.717) is 12.0 Å². The molecule has 0 unspecified atom stereocenters. The molecule has 0 spiro atoms. The number of benzene rings is 1. The zero-order valence-corrected chi connectivity index (χ0v) is 13.8. The number of nitrogens with one attached hydrogen (secondary N) is 3. The maximum atomic E-state index is 13.1. The lowest BCUT2D eigenvalue weighted by atomic mass is 10.1. The molecule has 0 aliphatic heterocycles. The molecule has 1 rings (SSSR count). The molecule has 130 valence electrons. The third-order valence-electron chi connectivity index (χ3n) is 3.13. The van der Waals surface area contributed by atoms with Gasteiger partial charge in [-0.1, -0.05) is 6.07 Å². The summed E-state index contributed by atoms with van der Waals surface area (Å²) in [7, 11) is -3.23. The lowest BCUT2D eigenvalue weighted by molar-refractivity contribution is 0.238. The lowest BCUT2D eigenvalue weighted by Gasteiger charge is -2.15. The van der Waals surface area contributed by atoms with Crippen molar-refractivity contribution < 1.29 is 22.0 Å². The molecule has 0 saturated carbocycles. The Morgan fingerprint density at radius 3 is 2.52 bits per heavy atom. The summed E-state index contributed by atoms with van der Waals surface area (Å²) in [6.07, 6.45) is 0.437. The molecule has 1 atom stereocenters.